The van der Waals surface area contributed by atoms with E-state index in [1.807, 2.05) is 17.9 Å². The summed E-state index contributed by atoms with van der Waals surface area (Å²) in [5.74, 6) is 0.765. The summed E-state index contributed by atoms with van der Waals surface area (Å²) in [6, 6.07) is 4.27. The van der Waals surface area contributed by atoms with Gasteiger partial charge in [0, 0.05) is 18.8 Å². The first-order valence-electron chi connectivity index (χ1n) is 6.99. The van der Waals surface area contributed by atoms with E-state index in [4.69, 9.17) is 4.98 Å². The topological polar surface area (TPSA) is 60.1 Å². The van der Waals surface area contributed by atoms with Gasteiger partial charge in [-0.15, -0.1) is 0 Å². The highest BCUT2D eigenvalue weighted by molar-refractivity contribution is 5.57. The highest BCUT2D eigenvalue weighted by Crippen LogP contribution is 2.30. The lowest BCUT2D eigenvalue weighted by molar-refractivity contribution is 0.0839. The number of aliphatic hydroxyl groups is 1. The van der Waals surface area contributed by atoms with Crippen molar-refractivity contribution in [2.24, 2.45) is 0 Å². The number of hydrogen-bond acceptors (Lipinski definition) is 4. The third-order valence-electron chi connectivity index (χ3n) is 4.15. The molecule has 2 heterocycles. The van der Waals surface area contributed by atoms with Crippen LogP contribution in [0.25, 0.3) is 0 Å². The number of nitriles is 1. The number of aryl methyl sites for hydroxylation is 2. The minimum absolute atomic E-state index is 0.563. The molecule has 2 aliphatic rings. The van der Waals surface area contributed by atoms with Gasteiger partial charge in [0.05, 0.1) is 11.2 Å². The Hall–Kier alpha value is -1.60. The van der Waals surface area contributed by atoms with E-state index < -0.39 is 5.60 Å². The summed E-state index contributed by atoms with van der Waals surface area (Å²) in [7, 11) is 0. The lowest BCUT2D eigenvalue weighted by Crippen LogP contribution is -2.30. The van der Waals surface area contributed by atoms with Crippen molar-refractivity contribution in [2.75, 3.05) is 18.0 Å². The van der Waals surface area contributed by atoms with Crippen LogP contribution in [0.15, 0.2) is 6.07 Å². The van der Waals surface area contributed by atoms with Crippen molar-refractivity contribution in [3.05, 3.63) is 22.9 Å². The number of fused-ring (bicyclic) bond motifs is 1. The molecular formula is C15H19N3O. The number of anilines is 1. The highest BCUT2D eigenvalue weighted by Gasteiger charge is 2.33. The summed E-state index contributed by atoms with van der Waals surface area (Å²) >= 11 is 0. The van der Waals surface area contributed by atoms with Crippen LogP contribution in [0, 0.1) is 11.3 Å². The van der Waals surface area contributed by atoms with Gasteiger partial charge in [-0.2, -0.15) is 5.26 Å². The largest absolute Gasteiger partial charge is 0.388 e. The van der Waals surface area contributed by atoms with Gasteiger partial charge in [-0.25, -0.2) is 4.98 Å². The van der Waals surface area contributed by atoms with Gasteiger partial charge in [0.25, 0.3) is 0 Å². The first-order valence-corrected chi connectivity index (χ1v) is 6.99. The summed E-state index contributed by atoms with van der Waals surface area (Å²) in [6.45, 7) is 3.18. The van der Waals surface area contributed by atoms with Gasteiger partial charge < -0.3 is 10.0 Å². The van der Waals surface area contributed by atoms with E-state index in [0.717, 1.165) is 37.3 Å². The van der Waals surface area contributed by atoms with Crippen molar-refractivity contribution in [1.82, 2.24) is 4.98 Å². The summed E-state index contributed by atoms with van der Waals surface area (Å²) in [5.41, 5.74) is 2.37. The second-order valence-corrected chi connectivity index (χ2v) is 5.95. The molecule has 0 aromatic carbocycles. The predicted octanol–water partition coefficient (Wildman–Crippen LogP) is 1.79. The standard InChI is InChI=1S/C15H19N3O/c1-15(19)6-7-18(10-15)14-12(9-16)8-11-4-2-3-5-13(11)17-14/h8,19H,2-7,10H2,1H3. The van der Waals surface area contributed by atoms with E-state index in [1.54, 1.807) is 0 Å². The molecule has 1 N–H and O–H groups in total. The number of nitrogens with zero attached hydrogens (tertiary/aromatic N) is 3. The zero-order chi connectivity index (χ0) is 13.5. The lowest BCUT2D eigenvalue weighted by Gasteiger charge is -2.23. The molecule has 1 aromatic heterocycles. The number of β-amino-alcohol motifs (C(OH)–C–C–N with tert-alkyl or cyclic N) is 1. The number of pyridine rings is 1. The van der Waals surface area contributed by atoms with Crippen LogP contribution < -0.4 is 4.90 Å². The van der Waals surface area contributed by atoms with Gasteiger partial charge in [0.1, 0.15) is 11.9 Å². The minimum atomic E-state index is -0.662. The van der Waals surface area contributed by atoms with Gasteiger partial charge >= 0.3 is 0 Å². The van der Waals surface area contributed by atoms with Crippen LogP contribution in [0.1, 0.15) is 43.0 Å². The quantitative estimate of drug-likeness (QED) is 0.833. The van der Waals surface area contributed by atoms with Crippen LogP contribution in [-0.4, -0.2) is 28.8 Å². The maximum Gasteiger partial charge on any atom is 0.146 e. The van der Waals surface area contributed by atoms with E-state index >= 15 is 0 Å². The summed E-state index contributed by atoms with van der Waals surface area (Å²) in [4.78, 5) is 6.77. The van der Waals surface area contributed by atoms with E-state index in [2.05, 4.69) is 6.07 Å². The molecule has 1 aromatic rings. The van der Waals surface area contributed by atoms with E-state index in [9.17, 15) is 10.4 Å². The molecular weight excluding hydrogens is 238 g/mol. The zero-order valence-electron chi connectivity index (χ0n) is 11.3. The zero-order valence-corrected chi connectivity index (χ0v) is 11.3. The summed E-state index contributed by atoms with van der Waals surface area (Å²) < 4.78 is 0. The second-order valence-electron chi connectivity index (χ2n) is 5.95. The third-order valence-corrected chi connectivity index (χ3v) is 4.15. The number of hydrogen-bond donors (Lipinski definition) is 1. The van der Waals surface area contributed by atoms with Crippen LogP contribution in [0.4, 0.5) is 5.82 Å². The Labute approximate surface area is 113 Å². The average Bonchev–Trinajstić information content (AvgIpc) is 2.77. The Morgan fingerprint density at radius 3 is 2.89 bits per heavy atom. The maximum atomic E-state index is 10.1. The van der Waals surface area contributed by atoms with Crippen molar-refractivity contribution < 1.29 is 5.11 Å². The van der Waals surface area contributed by atoms with Crippen LogP contribution in [0.5, 0.6) is 0 Å². The van der Waals surface area contributed by atoms with Crippen molar-refractivity contribution in [3.8, 4) is 6.07 Å². The van der Waals surface area contributed by atoms with Crippen LogP contribution in [0.3, 0.4) is 0 Å². The Bertz CT molecular complexity index is 545. The molecule has 0 bridgehead atoms. The highest BCUT2D eigenvalue weighted by atomic mass is 16.3. The van der Waals surface area contributed by atoms with Gasteiger partial charge in [-0.1, -0.05) is 0 Å². The van der Waals surface area contributed by atoms with Crippen molar-refractivity contribution in [2.45, 2.75) is 44.6 Å². The normalized spacial score (nSPS) is 26.1. The monoisotopic (exact) mass is 257 g/mol. The Kier molecular flexibility index (Phi) is 2.94. The van der Waals surface area contributed by atoms with Crippen LogP contribution in [-0.2, 0) is 12.8 Å². The first-order chi connectivity index (χ1) is 9.09. The molecule has 1 aliphatic carbocycles. The van der Waals surface area contributed by atoms with Gasteiger partial charge in [0.2, 0.25) is 0 Å². The fourth-order valence-corrected chi connectivity index (χ4v) is 3.07. The van der Waals surface area contributed by atoms with Crippen molar-refractivity contribution in [3.63, 3.8) is 0 Å². The maximum absolute atomic E-state index is 10.1. The summed E-state index contributed by atoms with van der Waals surface area (Å²) in [6.07, 6.45) is 5.16. The molecule has 0 saturated carbocycles. The van der Waals surface area contributed by atoms with Gasteiger partial charge in [-0.05, 0) is 50.7 Å². The SMILES string of the molecule is CC1(O)CCN(c2nc3c(cc2C#N)CCCC3)C1. The van der Waals surface area contributed by atoms with Gasteiger partial charge in [-0.3, -0.25) is 0 Å². The Balaban J connectivity index is 1.99. The molecule has 1 aliphatic heterocycles. The second kappa shape index (κ2) is 4.50. The molecule has 1 atom stereocenters. The van der Waals surface area contributed by atoms with Crippen molar-refractivity contribution in [1.29, 1.82) is 5.26 Å². The predicted molar refractivity (Wildman–Crippen MR) is 73.0 cm³/mol. The molecule has 0 amide bonds. The van der Waals surface area contributed by atoms with Crippen LogP contribution in [0.2, 0.25) is 0 Å². The Morgan fingerprint density at radius 2 is 2.21 bits per heavy atom. The fourth-order valence-electron chi connectivity index (χ4n) is 3.07. The lowest BCUT2D eigenvalue weighted by atomic mass is 9.95. The van der Waals surface area contributed by atoms with Gasteiger partial charge in [0.15, 0.2) is 0 Å². The molecule has 4 heteroatoms. The van der Waals surface area contributed by atoms with E-state index in [1.165, 1.54) is 18.4 Å². The molecule has 1 unspecified atom stereocenters. The van der Waals surface area contributed by atoms with Crippen LogP contribution >= 0.6 is 0 Å². The molecule has 1 saturated heterocycles. The number of rotatable bonds is 1. The Morgan fingerprint density at radius 1 is 1.42 bits per heavy atom. The molecule has 19 heavy (non-hydrogen) atoms. The molecule has 0 spiro atoms. The molecule has 100 valence electrons. The first kappa shape index (κ1) is 12.4. The molecule has 3 rings (SSSR count). The molecule has 1 fully saturated rings. The van der Waals surface area contributed by atoms with E-state index in [0.29, 0.717) is 12.1 Å². The van der Waals surface area contributed by atoms with Crippen molar-refractivity contribution >= 4 is 5.82 Å². The fraction of sp³-hybridized carbons (Fsp3) is 0.600. The van der Waals surface area contributed by atoms with E-state index in [-0.39, 0.29) is 0 Å². The molecule has 4 nitrogen and oxygen atoms in total. The average molecular weight is 257 g/mol. The number of aromatic nitrogens is 1. The minimum Gasteiger partial charge on any atom is -0.388 e. The summed E-state index contributed by atoms with van der Waals surface area (Å²) in [5, 5.41) is 19.4. The molecule has 0 radical (unpaired) electrons. The smallest absolute Gasteiger partial charge is 0.146 e. The third kappa shape index (κ3) is 2.31.